The van der Waals surface area contributed by atoms with Crippen molar-refractivity contribution >= 4 is 32.6 Å². The van der Waals surface area contributed by atoms with Crippen LogP contribution in [0.2, 0.25) is 0 Å². The number of nitrogens with zero attached hydrogens (tertiary/aromatic N) is 1. The molecule has 0 aliphatic rings. The van der Waals surface area contributed by atoms with Crippen LogP contribution < -0.4 is 20.3 Å². The number of hydrazine groups is 1. The molecule has 0 bridgehead atoms. The number of benzene rings is 2. The molecular formula is C16H13F2N3O3S. The van der Waals surface area contributed by atoms with E-state index in [0.717, 1.165) is 12.1 Å². The third kappa shape index (κ3) is 3.18. The highest BCUT2D eigenvalue weighted by molar-refractivity contribution is 7.22. The maximum Gasteiger partial charge on any atom is 0.275 e. The molecule has 1 aromatic heterocycles. The Morgan fingerprint density at radius 1 is 1.08 bits per heavy atom. The summed E-state index contributed by atoms with van der Waals surface area (Å²) in [7, 11) is 3.03. The van der Waals surface area contributed by atoms with E-state index in [-0.39, 0.29) is 0 Å². The Kier molecular flexibility index (Phi) is 4.66. The number of thiazole rings is 1. The van der Waals surface area contributed by atoms with Crippen molar-refractivity contribution in [1.29, 1.82) is 0 Å². The van der Waals surface area contributed by atoms with Gasteiger partial charge in [0.25, 0.3) is 5.91 Å². The van der Waals surface area contributed by atoms with Gasteiger partial charge in [-0.05, 0) is 24.3 Å². The Bertz CT molecular complexity index is 885. The molecule has 25 heavy (non-hydrogen) atoms. The molecule has 0 fully saturated rings. The molecular weight excluding hydrogens is 352 g/mol. The van der Waals surface area contributed by atoms with Gasteiger partial charge >= 0.3 is 0 Å². The number of rotatable bonds is 5. The molecule has 0 atom stereocenters. The normalized spacial score (nSPS) is 10.6. The van der Waals surface area contributed by atoms with Gasteiger partial charge in [0.05, 0.1) is 14.2 Å². The number of hydrogen-bond acceptors (Lipinski definition) is 6. The minimum atomic E-state index is -0.952. The summed E-state index contributed by atoms with van der Waals surface area (Å²) in [6.45, 7) is 0. The smallest absolute Gasteiger partial charge is 0.275 e. The Balaban J connectivity index is 1.85. The minimum Gasteiger partial charge on any atom is -0.495 e. The molecule has 1 heterocycles. The lowest BCUT2D eigenvalue weighted by Crippen LogP contribution is -2.30. The summed E-state index contributed by atoms with van der Waals surface area (Å²) in [5.41, 5.74) is 4.65. The van der Waals surface area contributed by atoms with Gasteiger partial charge in [0.15, 0.2) is 0 Å². The fraction of sp³-hybridized carbons (Fsp3) is 0.125. The third-order valence-electron chi connectivity index (χ3n) is 3.38. The van der Waals surface area contributed by atoms with Crippen LogP contribution in [-0.2, 0) is 0 Å². The second-order valence-electron chi connectivity index (χ2n) is 4.84. The van der Waals surface area contributed by atoms with Gasteiger partial charge in [0.1, 0.15) is 38.9 Å². The molecule has 2 aromatic carbocycles. The summed E-state index contributed by atoms with van der Waals surface area (Å²) in [5, 5.41) is 0.308. The van der Waals surface area contributed by atoms with E-state index >= 15 is 0 Å². The monoisotopic (exact) mass is 365 g/mol. The van der Waals surface area contributed by atoms with Crippen LogP contribution in [0.25, 0.3) is 10.2 Å². The van der Waals surface area contributed by atoms with Crippen molar-refractivity contribution in [3.63, 3.8) is 0 Å². The standard InChI is InChI=1S/C16H13F2N3O3S/c1-23-10-6-7-11(24-2)14-13(10)19-16(25-14)21-20-15(22)12-8(17)4-3-5-9(12)18/h3-7H,1-2H3,(H,19,21)(H,20,22). The van der Waals surface area contributed by atoms with Gasteiger partial charge in [-0.15, -0.1) is 0 Å². The van der Waals surface area contributed by atoms with Gasteiger partial charge in [-0.3, -0.25) is 15.6 Å². The molecule has 3 rings (SSSR count). The second kappa shape index (κ2) is 6.89. The van der Waals surface area contributed by atoms with Crippen molar-refractivity contribution in [1.82, 2.24) is 10.4 Å². The molecule has 0 aliphatic heterocycles. The highest BCUT2D eigenvalue weighted by Gasteiger charge is 2.18. The highest BCUT2D eigenvalue weighted by atomic mass is 32.1. The maximum absolute atomic E-state index is 13.6. The number of amides is 1. The van der Waals surface area contributed by atoms with E-state index in [2.05, 4.69) is 15.8 Å². The molecule has 0 spiro atoms. The molecule has 3 aromatic rings. The lowest BCUT2D eigenvalue weighted by molar-refractivity contribution is 0.0954. The van der Waals surface area contributed by atoms with Crippen LogP contribution in [0.5, 0.6) is 11.5 Å². The first kappa shape index (κ1) is 16.9. The van der Waals surface area contributed by atoms with E-state index in [1.807, 2.05) is 0 Å². The molecule has 9 heteroatoms. The van der Waals surface area contributed by atoms with Crippen LogP contribution in [0, 0.1) is 11.6 Å². The van der Waals surface area contributed by atoms with E-state index in [1.54, 1.807) is 12.1 Å². The van der Waals surface area contributed by atoms with Crippen molar-refractivity contribution in [2.24, 2.45) is 0 Å². The Labute approximate surface area is 145 Å². The van der Waals surface area contributed by atoms with Crippen molar-refractivity contribution in [3.8, 4) is 11.5 Å². The maximum atomic E-state index is 13.6. The lowest BCUT2D eigenvalue weighted by Gasteiger charge is -2.07. The van der Waals surface area contributed by atoms with Crippen LogP contribution in [0.3, 0.4) is 0 Å². The molecule has 130 valence electrons. The fourth-order valence-corrected chi connectivity index (χ4v) is 3.15. The molecule has 0 unspecified atom stereocenters. The van der Waals surface area contributed by atoms with Crippen LogP contribution in [-0.4, -0.2) is 25.1 Å². The lowest BCUT2D eigenvalue weighted by atomic mass is 10.2. The average molecular weight is 365 g/mol. The number of methoxy groups -OCH3 is 2. The zero-order valence-corrected chi connectivity index (χ0v) is 14.0. The average Bonchev–Trinajstić information content (AvgIpc) is 3.03. The summed E-state index contributed by atoms with van der Waals surface area (Å²) < 4.78 is 38.4. The summed E-state index contributed by atoms with van der Waals surface area (Å²) in [6, 6.07) is 6.63. The van der Waals surface area contributed by atoms with Crippen molar-refractivity contribution in [3.05, 3.63) is 47.5 Å². The molecule has 2 N–H and O–H groups in total. The second-order valence-corrected chi connectivity index (χ2v) is 5.84. The zero-order chi connectivity index (χ0) is 18.0. The van der Waals surface area contributed by atoms with E-state index in [0.29, 0.717) is 26.8 Å². The van der Waals surface area contributed by atoms with Gasteiger partial charge in [-0.1, -0.05) is 17.4 Å². The summed E-state index contributed by atoms with van der Waals surface area (Å²) in [6.07, 6.45) is 0. The van der Waals surface area contributed by atoms with Gasteiger partial charge < -0.3 is 9.47 Å². The number of nitrogens with one attached hydrogen (secondary N) is 2. The van der Waals surface area contributed by atoms with Gasteiger partial charge in [-0.2, -0.15) is 0 Å². The number of hydrogen-bond donors (Lipinski definition) is 2. The summed E-state index contributed by atoms with van der Waals surface area (Å²) in [4.78, 5) is 16.3. The summed E-state index contributed by atoms with van der Waals surface area (Å²) in [5.74, 6) is -1.73. The first-order chi connectivity index (χ1) is 12.0. The zero-order valence-electron chi connectivity index (χ0n) is 13.2. The highest BCUT2D eigenvalue weighted by Crippen LogP contribution is 2.38. The van der Waals surface area contributed by atoms with Crippen LogP contribution in [0.4, 0.5) is 13.9 Å². The molecule has 0 saturated carbocycles. The first-order valence-electron chi connectivity index (χ1n) is 7.07. The van der Waals surface area contributed by atoms with E-state index in [4.69, 9.17) is 9.47 Å². The quantitative estimate of drug-likeness (QED) is 0.679. The molecule has 0 aliphatic carbocycles. The predicted molar refractivity (Wildman–Crippen MR) is 90.2 cm³/mol. The van der Waals surface area contributed by atoms with Crippen LogP contribution in [0.15, 0.2) is 30.3 Å². The Morgan fingerprint density at radius 2 is 1.72 bits per heavy atom. The molecule has 1 amide bonds. The van der Waals surface area contributed by atoms with E-state index in [9.17, 15) is 13.6 Å². The molecule has 6 nitrogen and oxygen atoms in total. The number of fused-ring (bicyclic) bond motifs is 1. The Hall–Kier alpha value is -2.94. The topological polar surface area (TPSA) is 72.5 Å². The number of aromatic nitrogens is 1. The van der Waals surface area contributed by atoms with E-state index < -0.39 is 23.1 Å². The van der Waals surface area contributed by atoms with Crippen molar-refractivity contribution in [2.75, 3.05) is 19.6 Å². The Morgan fingerprint density at radius 3 is 2.36 bits per heavy atom. The molecule has 0 saturated heterocycles. The number of halogens is 2. The van der Waals surface area contributed by atoms with Crippen LogP contribution >= 0.6 is 11.3 Å². The molecule has 0 radical (unpaired) electrons. The van der Waals surface area contributed by atoms with Gasteiger partial charge in [0, 0.05) is 0 Å². The minimum absolute atomic E-state index is 0.308. The van der Waals surface area contributed by atoms with Gasteiger partial charge in [0.2, 0.25) is 5.13 Å². The summed E-state index contributed by atoms with van der Waals surface area (Å²) >= 11 is 1.19. The number of carbonyl (C=O) groups is 1. The van der Waals surface area contributed by atoms with Gasteiger partial charge in [-0.25, -0.2) is 13.8 Å². The largest absolute Gasteiger partial charge is 0.495 e. The third-order valence-corrected chi connectivity index (χ3v) is 4.37. The van der Waals surface area contributed by atoms with E-state index in [1.165, 1.54) is 31.6 Å². The number of anilines is 1. The number of carbonyl (C=O) groups excluding carboxylic acids is 1. The first-order valence-corrected chi connectivity index (χ1v) is 7.88. The van der Waals surface area contributed by atoms with Crippen LogP contribution in [0.1, 0.15) is 10.4 Å². The predicted octanol–water partition coefficient (Wildman–Crippen LogP) is 3.35. The fourth-order valence-electron chi connectivity index (χ4n) is 2.23. The number of ether oxygens (including phenoxy) is 2. The van der Waals surface area contributed by atoms with Crippen molar-refractivity contribution in [2.45, 2.75) is 0 Å². The van der Waals surface area contributed by atoms with Crippen molar-refractivity contribution < 1.29 is 23.0 Å². The SMILES string of the molecule is COc1ccc(OC)c2sc(NNC(=O)c3c(F)cccc3F)nc12.